The van der Waals surface area contributed by atoms with Gasteiger partial charge in [-0.3, -0.25) is 14.4 Å². The summed E-state index contributed by atoms with van der Waals surface area (Å²) in [6.07, 6.45) is 62.4. The Morgan fingerprint density at radius 2 is 0.587 bits per heavy atom. The summed E-state index contributed by atoms with van der Waals surface area (Å²) in [4.78, 5) is 38.0. The lowest BCUT2D eigenvalue weighted by Crippen LogP contribution is -2.30. The van der Waals surface area contributed by atoms with Crippen molar-refractivity contribution in [3.63, 3.8) is 0 Å². The van der Waals surface area contributed by atoms with Gasteiger partial charge in [0.1, 0.15) is 13.2 Å². The third kappa shape index (κ3) is 50.2. The highest BCUT2D eigenvalue weighted by Crippen LogP contribution is 2.15. The van der Waals surface area contributed by atoms with Crippen molar-refractivity contribution in [2.45, 2.75) is 284 Å². The molecule has 0 saturated carbocycles. The van der Waals surface area contributed by atoms with Crippen LogP contribution in [0.15, 0.2) is 48.6 Å². The SMILES string of the molecule is CCCCCCCC/C=C\C/C=C\C/C=C\CCCC(=O)OC[C@H](COC(=O)CCCCCCCCCCCCC)OC(=O)CCCCCCCCC/C=C\CCCCCCCC. The first-order chi connectivity index (χ1) is 31.0. The molecule has 1 atom stereocenters. The van der Waals surface area contributed by atoms with Crippen LogP contribution >= 0.6 is 0 Å². The molecule has 6 nitrogen and oxygen atoms in total. The lowest BCUT2D eigenvalue weighted by atomic mass is 10.1. The normalized spacial score (nSPS) is 12.4. The van der Waals surface area contributed by atoms with E-state index in [0.29, 0.717) is 25.7 Å². The molecule has 366 valence electrons. The maximum Gasteiger partial charge on any atom is 0.306 e. The van der Waals surface area contributed by atoms with Gasteiger partial charge in [0.05, 0.1) is 0 Å². The quantitative estimate of drug-likeness (QED) is 0.0262. The molecule has 0 rings (SSSR count). The fourth-order valence-electron chi connectivity index (χ4n) is 7.69. The summed E-state index contributed by atoms with van der Waals surface area (Å²) in [5.74, 6) is -0.939. The van der Waals surface area contributed by atoms with Gasteiger partial charge < -0.3 is 14.2 Å². The van der Waals surface area contributed by atoms with E-state index in [4.69, 9.17) is 14.2 Å². The summed E-state index contributed by atoms with van der Waals surface area (Å²) >= 11 is 0. The van der Waals surface area contributed by atoms with Crippen LogP contribution < -0.4 is 0 Å². The lowest BCUT2D eigenvalue weighted by molar-refractivity contribution is -0.167. The van der Waals surface area contributed by atoms with Gasteiger partial charge in [0.2, 0.25) is 0 Å². The Kier molecular flexibility index (Phi) is 49.8. The molecule has 0 saturated heterocycles. The van der Waals surface area contributed by atoms with Gasteiger partial charge in [-0.15, -0.1) is 0 Å². The van der Waals surface area contributed by atoms with Gasteiger partial charge in [-0.25, -0.2) is 0 Å². The Balaban J connectivity index is 4.42. The molecule has 0 aromatic rings. The van der Waals surface area contributed by atoms with Crippen LogP contribution in [0.1, 0.15) is 278 Å². The number of unbranched alkanes of at least 4 members (excludes halogenated alkanes) is 30. The Hall–Kier alpha value is -2.63. The first kappa shape index (κ1) is 60.4. The molecule has 0 bridgehead atoms. The van der Waals surface area contributed by atoms with Crippen LogP contribution in [0.5, 0.6) is 0 Å². The van der Waals surface area contributed by atoms with Crippen molar-refractivity contribution in [1.82, 2.24) is 0 Å². The Labute approximate surface area is 390 Å². The Morgan fingerprint density at radius 1 is 0.317 bits per heavy atom. The largest absolute Gasteiger partial charge is 0.462 e. The molecule has 0 aromatic heterocycles. The van der Waals surface area contributed by atoms with E-state index in [1.807, 2.05) is 0 Å². The van der Waals surface area contributed by atoms with Crippen molar-refractivity contribution in [3.05, 3.63) is 48.6 Å². The number of ether oxygens (including phenoxy) is 3. The van der Waals surface area contributed by atoms with Crippen molar-refractivity contribution in [3.8, 4) is 0 Å². The summed E-state index contributed by atoms with van der Waals surface area (Å²) in [6.45, 7) is 6.59. The summed E-state index contributed by atoms with van der Waals surface area (Å²) in [7, 11) is 0. The van der Waals surface area contributed by atoms with Crippen LogP contribution in [-0.2, 0) is 28.6 Å². The minimum atomic E-state index is -0.792. The zero-order valence-corrected chi connectivity index (χ0v) is 41.8. The van der Waals surface area contributed by atoms with Crippen molar-refractivity contribution in [2.75, 3.05) is 13.2 Å². The van der Waals surface area contributed by atoms with Gasteiger partial charge in [-0.1, -0.05) is 230 Å². The molecular weight excluding hydrogens is 781 g/mol. The molecular formula is C57H102O6. The highest BCUT2D eigenvalue weighted by Gasteiger charge is 2.19. The van der Waals surface area contributed by atoms with Crippen LogP contribution in [0.3, 0.4) is 0 Å². The maximum atomic E-state index is 12.8. The molecule has 0 aliphatic rings. The van der Waals surface area contributed by atoms with Gasteiger partial charge in [-0.05, 0) is 77.0 Å². The van der Waals surface area contributed by atoms with E-state index >= 15 is 0 Å². The van der Waals surface area contributed by atoms with E-state index in [9.17, 15) is 14.4 Å². The number of hydrogen-bond donors (Lipinski definition) is 0. The van der Waals surface area contributed by atoms with Crippen LogP contribution in [-0.4, -0.2) is 37.2 Å². The minimum Gasteiger partial charge on any atom is -0.462 e. The Morgan fingerprint density at radius 3 is 0.968 bits per heavy atom. The zero-order valence-electron chi connectivity index (χ0n) is 41.8. The molecule has 0 amide bonds. The number of esters is 3. The van der Waals surface area contributed by atoms with Crippen molar-refractivity contribution in [2.24, 2.45) is 0 Å². The maximum absolute atomic E-state index is 12.8. The predicted molar refractivity (Wildman–Crippen MR) is 270 cm³/mol. The van der Waals surface area contributed by atoms with E-state index in [0.717, 1.165) is 57.8 Å². The first-order valence-corrected chi connectivity index (χ1v) is 27.1. The minimum absolute atomic E-state index is 0.0880. The summed E-state index contributed by atoms with van der Waals surface area (Å²) < 4.78 is 16.8. The number of carbonyl (C=O) groups is 3. The van der Waals surface area contributed by atoms with Gasteiger partial charge in [-0.2, -0.15) is 0 Å². The molecule has 0 N–H and O–H groups in total. The Bertz CT molecular complexity index is 1110. The van der Waals surface area contributed by atoms with E-state index in [-0.39, 0.29) is 31.1 Å². The number of rotatable bonds is 49. The molecule has 0 radical (unpaired) electrons. The molecule has 0 aliphatic carbocycles. The number of allylic oxidation sites excluding steroid dienone is 8. The molecule has 0 fully saturated rings. The molecule has 0 unspecified atom stereocenters. The van der Waals surface area contributed by atoms with Gasteiger partial charge >= 0.3 is 17.9 Å². The first-order valence-electron chi connectivity index (χ1n) is 27.1. The standard InChI is InChI=1S/C57H102O6/c1-4-7-10-13-16-19-22-24-26-28-30-32-35-38-41-44-47-50-56(59)62-53-54(52-61-55(58)49-46-43-40-37-34-21-18-15-12-9-6-3)63-57(60)51-48-45-42-39-36-33-31-29-27-25-23-20-17-14-11-8-5-2/h24-27,30,32,38,41,54H,4-23,28-29,31,33-37,39-40,42-53H2,1-3H3/b26-24-,27-25-,32-30-,41-38-/t54-/m0/s1. The van der Waals surface area contributed by atoms with E-state index < -0.39 is 6.10 Å². The highest BCUT2D eigenvalue weighted by atomic mass is 16.6. The van der Waals surface area contributed by atoms with Crippen molar-refractivity contribution in [1.29, 1.82) is 0 Å². The van der Waals surface area contributed by atoms with Crippen LogP contribution in [0, 0.1) is 0 Å². The number of carbonyl (C=O) groups excluding carboxylic acids is 3. The fourth-order valence-corrected chi connectivity index (χ4v) is 7.69. The number of hydrogen-bond acceptors (Lipinski definition) is 6. The fraction of sp³-hybridized carbons (Fsp3) is 0.807. The summed E-state index contributed by atoms with van der Waals surface area (Å²) in [6, 6.07) is 0. The second-order valence-corrected chi connectivity index (χ2v) is 18.1. The van der Waals surface area contributed by atoms with Gasteiger partial charge in [0.15, 0.2) is 6.10 Å². The summed E-state index contributed by atoms with van der Waals surface area (Å²) in [5, 5.41) is 0. The van der Waals surface area contributed by atoms with Crippen LogP contribution in [0.25, 0.3) is 0 Å². The van der Waals surface area contributed by atoms with Gasteiger partial charge in [0, 0.05) is 19.3 Å². The molecule has 6 heteroatoms. The molecule has 0 spiro atoms. The second kappa shape index (κ2) is 52.0. The third-order valence-corrected chi connectivity index (χ3v) is 11.8. The van der Waals surface area contributed by atoms with E-state index in [2.05, 4.69) is 69.4 Å². The van der Waals surface area contributed by atoms with Crippen LogP contribution in [0.4, 0.5) is 0 Å². The molecule has 0 aliphatic heterocycles. The third-order valence-electron chi connectivity index (χ3n) is 11.8. The molecule has 0 aromatic carbocycles. The van der Waals surface area contributed by atoms with Crippen molar-refractivity contribution < 1.29 is 28.6 Å². The topological polar surface area (TPSA) is 78.9 Å². The molecule has 0 heterocycles. The van der Waals surface area contributed by atoms with Gasteiger partial charge in [0.25, 0.3) is 0 Å². The van der Waals surface area contributed by atoms with Crippen molar-refractivity contribution >= 4 is 17.9 Å². The monoisotopic (exact) mass is 883 g/mol. The predicted octanol–water partition coefficient (Wildman–Crippen LogP) is 17.9. The summed E-state index contributed by atoms with van der Waals surface area (Å²) in [5.41, 5.74) is 0. The smallest absolute Gasteiger partial charge is 0.306 e. The highest BCUT2D eigenvalue weighted by molar-refractivity contribution is 5.71. The van der Waals surface area contributed by atoms with E-state index in [1.54, 1.807) is 0 Å². The zero-order chi connectivity index (χ0) is 45.8. The average molecular weight is 883 g/mol. The van der Waals surface area contributed by atoms with Crippen LogP contribution in [0.2, 0.25) is 0 Å². The average Bonchev–Trinajstić information content (AvgIpc) is 3.28. The van der Waals surface area contributed by atoms with E-state index in [1.165, 1.54) is 173 Å². The second-order valence-electron chi connectivity index (χ2n) is 18.1. The molecule has 63 heavy (non-hydrogen) atoms. The lowest BCUT2D eigenvalue weighted by Gasteiger charge is -2.18.